The first-order valence-corrected chi connectivity index (χ1v) is 11.7. The molecule has 37 heavy (non-hydrogen) atoms. The van der Waals surface area contributed by atoms with Crippen LogP contribution < -0.4 is 10.6 Å². The summed E-state index contributed by atoms with van der Waals surface area (Å²) < 4.78 is 49.5. The lowest BCUT2D eigenvalue weighted by Crippen LogP contribution is -2.65. The van der Waals surface area contributed by atoms with Crippen molar-refractivity contribution in [2.45, 2.75) is 62.8 Å². The number of amides is 3. The molecule has 2 fully saturated rings. The molecule has 0 aliphatic carbocycles. The number of rotatable bonds is 4. The van der Waals surface area contributed by atoms with Gasteiger partial charge in [0.05, 0.1) is 31.2 Å². The fourth-order valence-electron chi connectivity index (χ4n) is 4.62. The number of esters is 1. The second-order valence-electron chi connectivity index (χ2n) is 9.25. The molecular weight excluding hydrogens is 499 g/mol. The normalized spacial score (nSPS) is 28.4. The molecule has 0 saturated carbocycles. The summed E-state index contributed by atoms with van der Waals surface area (Å²) in [5.74, 6) is -2.83. The number of cyclic esters (lactones) is 1. The molecule has 3 amide bonds. The van der Waals surface area contributed by atoms with Crippen molar-refractivity contribution in [3.63, 3.8) is 0 Å². The Balaban J connectivity index is 1.56. The van der Waals surface area contributed by atoms with E-state index in [4.69, 9.17) is 4.74 Å². The fraction of sp³-hybridized carbons (Fsp3) is 0.500. The molecule has 0 aromatic heterocycles. The Labute approximate surface area is 209 Å². The van der Waals surface area contributed by atoms with E-state index < -0.39 is 65.9 Å². The number of nitrogens with one attached hydrogen (secondary N) is 2. The predicted octanol–water partition coefficient (Wildman–Crippen LogP) is 0.890. The van der Waals surface area contributed by atoms with E-state index in [1.54, 1.807) is 6.08 Å². The molecule has 4 rings (SSSR count). The Morgan fingerprint density at radius 3 is 2.57 bits per heavy atom. The van der Waals surface area contributed by atoms with Gasteiger partial charge in [0.15, 0.2) is 0 Å². The highest BCUT2D eigenvalue weighted by molar-refractivity contribution is 5.99. The molecule has 4 unspecified atom stereocenters. The summed E-state index contributed by atoms with van der Waals surface area (Å²) in [4.78, 5) is 52.3. The van der Waals surface area contributed by atoms with Crippen molar-refractivity contribution in [3.8, 4) is 0 Å². The lowest BCUT2D eigenvalue weighted by molar-refractivity contribution is -0.159. The van der Waals surface area contributed by atoms with E-state index in [-0.39, 0.29) is 31.6 Å². The molecule has 3 aliphatic heterocycles. The molecule has 3 heterocycles. The van der Waals surface area contributed by atoms with Crippen molar-refractivity contribution in [2.24, 2.45) is 0 Å². The summed E-state index contributed by atoms with van der Waals surface area (Å²) >= 11 is 0. The van der Waals surface area contributed by atoms with Crippen molar-refractivity contribution in [1.29, 1.82) is 0 Å². The van der Waals surface area contributed by atoms with Gasteiger partial charge in [-0.2, -0.15) is 13.2 Å². The summed E-state index contributed by atoms with van der Waals surface area (Å²) in [6.07, 6.45) is -4.18. The Hall–Kier alpha value is -3.45. The molecule has 0 bridgehead atoms. The quantitative estimate of drug-likeness (QED) is 0.393. The van der Waals surface area contributed by atoms with Gasteiger partial charge in [-0.05, 0) is 38.0 Å². The van der Waals surface area contributed by atoms with Crippen molar-refractivity contribution in [3.05, 3.63) is 47.0 Å². The molecule has 3 aliphatic rings. The van der Waals surface area contributed by atoms with E-state index in [0.717, 1.165) is 17.7 Å². The van der Waals surface area contributed by atoms with Crippen LogP contribution in [0.5, 0.6) is 0 Å². The minimum atomic E-state index is -4.64. The van der Waals surface area contributed by atoms with E-state index in [0.29, 0.717) is 12.5 Å². The first-order valence-electron chi connectivity index (χ1n) is 11.7. The van der Waals surface area contributed by atoms with Crippen LogP contribution in [0.2, 0.25) is 0 Å². The molecule has 10 nitrogen and oxygen atoms in total. The van der Waals surface area contributed by atoms with Crippen LogP contribution in [0.1, 0.15) is 42.1 Å². The molecule has 0 radical (unpaired) electrons. The van der Waals surface area contributed by atoms with Gasteiger partial charge in [-0.15, -0.1) is 0 Å². The molecular formula is C24H26F3N3O7. The SMILES string of the molecule is CC1=CCC(NC(=O)c2cccc(C(F)(F)F)c2)C(=O)N2C(COC[C@H]2C(=O)NC2CC(=O)OC2O)C1. The van der Waals surface area contributed by atoms with Gasteiger partial charge in [0.2, 0.25) is 18.1 Å². The molecule has 1 aromatic rings. The maximum atomic E-state index is 13.6. The Kier molecular flexibility index (Phi) is 7.55. The average molecular weight is 525 g/mol. The van der Waals surface area contributed by atoms with Crippen LogP contribution in [0.15, 0.2) is 35.9 Å². The largest absolute Gasteiger partial charge is 0.434 e. The maximum Gasteiger partial charge on any atom is 0.416 e. The summed E-state index contributed by atoms with van der Waals surface area (Å²) in [6, 6.07) is 0.0215. The van der Waals surface area contributed by atoms with Gasteiger partial charge in [0.25, 0.3) is 5.91 Å². The number of alkyl halides is 3. The van der Waals surface area contributed by atoms with Gasteiger partial charge < -0.3 is 30.1 Å². The number of morpholine rings is 1. The third kappa shape index (κ3) is 5.93. The second-order valence-corrected chi connectivity index (χ2v) is 9.25. The summed E-state index contributed by atoms with van der Waals surface area (Å²) in [5, 5.41) is 14.9. The van der Waals surface area contributed by atoms with Crippen molar-refractivity contribution in [2.75, 3.05) is 13.2 Å². The number of ether oxygens (including phenoxy) is 2. The first-order chi connectivity index (χ1) is 17.4. The highest BCUT2D eigenvalue weighted by Crippen LogP contribution is 2.30. The Morgan fingerprint density at radius 1 is 1.14 bits per heavy atom. The number of nitrogens with zero attached hydrogens (tertiary/aromatic N) is 1. The second kappa shape index (κ2) is 10.5. The monoisotopic (exact) mass is 525 g/mol. The highest BCUT2D eigenvalue weighted by atomic mass is 19.4. The predicted molar refractivity (Wildman–Crippen MR) is 120 cm³/mol. The van der Waals surface area contributed by atoms with E-state index in [2.05, 4.69) is 15.4 Å². The van der Waals surface area contributed by atoms with Gasteiger partial charge in [-0.25, -0.2) is 0 Å². The van der Waals surface area contributed by atoms with E-state index in [1.165, 1.54) is 11.0 Å². The van der Waals surface area contributed by atoms with Gasteiger partial charge in [-0.3, -0.25) is 19.2 Å². The number of fused-ring (bicyclic) bond motifs is 1. The molecule has 5 atom stereocenters. The number of aliphatic hydroxyl groups excluding tert-OH is 1. The van der Waals surface area contributed by atoms with Crippen LogP contribution in [0.4, 0.5) is 13.2 Å². The highest BCUT2D eigenvalue weighted by Gasteiger charge is 2.44. The number of carbonyl (C=O) groups is 4. The zero-order valence-electron chi connectivity index (χ0n) is 19.8. The van der Waals surface area contributed by atoms with E-state index in [1.807, 2.05) is 6.92 Å². The lowest BCUT2D eigenvalue weighted by Gasteiger charge is -2.44. The van der Waals surface area contributed by atoms with Crippen LogP contribution in [0.25, 0.3) is 0 Å². The lowest BCUT2D eigenvalue weighted by atomic mass is 9.95. The topological polar surface area (TPSA) is 134 Å². The third-order valence-electron chi connectivity index (χ3n) is 6.50. The smallest absolute Gasteiger partial charge is 0.416 e. The van der Waals surface area contributed by atoms with Crippen LogP contribution in [-0.4, -0.2) is 77.4 Å². The van der Waals surface area contributed by atoms with Gasteiger partial charge >= 0.3 is 12.1 Å². The van der Waals surface area contributed by atoms with E-state index in [9.17, 15) is 37.5 Å². The number of halogens is 3. The molecule has 13 heteroatoms. The molecule has 1 aromatic carbocycles. The van der Waals surface area contributed by atoms with Crippen LogP contribution >= 0.6 is 0 Å². The summed E-state index contributed by atoms with van der Waals surface area (Å²) in [7, 11) is 0. The van der Waals surface area contributed by atoms with Crippen LogP contribution in [-0.2, 0) is 30.0 Å². The Morgan fingerprint density at radius 2 is 1.89 bits per heavy atom. The number of carbonyl (C=O) groups excluding carboxylic acids is 4. The molecule has 3 N–H and O–H groups in total. The number of aliphatic hydroxyl groups is 1. The summed E-state index contributed by atoms with van der Waals surface area (Å²) in [5.41, 5.74) is -0.393. The minimum Gasteiger partial charge on any atom is -0.434 e. The van der Waals surface area contributed by atoms with Gasteiger partial charge in [0, 0.05) is 5.56 Å². The van der Waals surface area contributed by atoms with Gasteiger partial charge in [-0.1, -0.05) is 17.7 Å². The average Bonchev–Trinajstić information content (AvgIpc) is 3.15. The van der Waals surface area contributed by atoms with Crippen LogP contribution in [0.3, 0.4) is 0 Å². The van der Waals surface area contributed by atoms with Crippen molar-refractivity contribution >= 4 is 23.7 Å². The maximum absolute atomic E-state index is 13.6. The number of benzene rings is 1. The molecule has 200 valence electrons. The van der Waals surface area contributed by atoms with Crippen molar-refractivity contribution in [1.82, 2.24) is 15.5 Å². The van der Waals surface area contributed by atoms with Gasteiger partial charge in [0.1, 0.15) is 18.1 Å². The number of hydrogen-bond acceptors (Lipinski definition) is 7. The first kappa shape index (κ1) is 26.6. The Bertz CT molecular complexity index is 1120. The minimum absolute atomic E-state index is 0.0669. The summed E-state index contributed by atoms with van der Waals surface area (Å²) in [6.45, 7) is 1.78. The van der Waals surface area contributed by atoms with Crippen LogP contribution in [0, 0.1) is 0 Å². The third-order valence-corrected chi connectivity index (χ3v) is 6.50. The molecule has 2 saturated heterocycles. The fourth-order valence-corrected chi connectivity index (χ4v) is 4.62. The zero-order chi connectivity index (χ0) is 26.9. The number of hydrogen-bond donors (Lipinski definition) is 3. The molecule has 0 spiro atoms. The standard InChI is InChI=1S/C24H26F3N3O7/c1-12-5-6-16(28-20(32)13-3-2-4-14(8-13)24(25,26)27)22(34)30-15(7-12)10-36-11-18(30)21(33)29-17-9-19(31)37-23(17)35/h2-5,8,15-18,23,35H,6-7,9-11H2,1H3,(H,28,32)(H,29,33)/t15?,16?,17?,18-,23?/m0/s1. The zero-order valence-corrected chi connectivity index (χ0v) is 19.8. The van der Waals surface area contributed by atoms with E-state index >= 15 is 0 Å². The van der Waals surface area contributed by atoms with Crippen molar-refractivity contribution < 1.29 is 46.9 Å².